The van der Waals surface area contributed by atoms with Crippen molar-refractivity contribution in [2.45, 2.75) is 6.18 Å². The Hall–Kier alpha value is -1.24. The lowest BCUT2D eigenvalue weighted by molar-refractivity contribution is -0.159. The van der Waals surface area contributed by atoms with Gasteiger partial charge in [-0.05, 0) is 11.4 Å². The molecule has 3 nitrogen and oxygen atoms in total. The van der Waals surface area contributed by atoms with E-state index in [0.29, 0.717) is 5.69 Å². The predicted octanol–water partition coefficient (Wildman–Crippen LogP) is 2.86. The summed E-state index contributed by atoms with van der Waals surface area (Å²) in [7, 11) is 0. The minimum absolute atomic E-state index is 0.419. The molecular weight excluding hydrogens is 219 g/mol. The molecule has 78 valence electrons. The summed E-state index contributed by atoms with van der Waals surface area (Å²) in [6.45, 7) is -1.58. The molecule has 0 spiro atoms. The first-order chi connectivity index (χ1) is 6.47. The van der Waals surface area contributed by atoms with E-state index in [2.05, 4.69) is 10.1 Å². The van der Waals surface area contributed by atoms with Crippen LogP contribution in [0.4, 0.5) is 23.7 Å². The average Bonchev–Trinajstić information content (AvgIpc) is 2.52. The number of hydrogen-bond donors (Lipinski definition) is 1. The Labute approximate surface area is 81.5 Å². The summed E-state index contributed by atoms with van der Waals surface area (Å²) in [5.74, 6) is 0. The molecule has 1 aromatic heterocycles. The SMILES string of the molecule is O=C(Nc1ccsc1)OCC(F)(F)F. The highest BCUT2D eigenvalue weighted by Crippen LogP contribution is 2.16. The lowest BCUT2D eigenvalue weighted by Gasteiger charge is -2.07. The van der Waals surface area contributed by atoms with Gasteiger partial charge in [0.15, 0.2) is 6.61 Å². The third-order valence-corrected chi connectivity index (χ3v) is 1.82. The fourth-order valence-corrected chi connectivity index (χ4v) is 1.22. The lowest BCUT2D eigenvalue weighted by atomic mass is 10.5. The van der Waals surface area contributed by atoms with Crippen LogP contribution in [0.25, 0.3) is 0 Å². The van der Waals surface area contributed by atoms with E-state index in [4.69, 9.17) is 0 Å². The fourth-order valence-electron chi connectivity index (χ4n) is 0.637. The molecule has 1 heterocycles. The number of thiophene rings is 1. The van der Waals surface area contributed by atoms with Gasteiger partial charge in [0.25, 0.3) is 0 Å². The van der Waals surface area contributed by atoms with E-state index in [9.17, 15) is 18.0 Å². The quantitative estimate of drug-likeness (QED) is 0.840. The van der Waals surface area contributed by atoms with E-state index < -0.39 is 18.9 Å². The van der Waals surface area contributed by atoms with Crippen LogP contribution in [0, 0.1) is 0 Å². The highest BCUT2D eigenvalue weighted by molar-refractivity contribution is 7.08. The minimum atomic E-state index is -4.49. The number of hydrogen-bond acceptors (Lipinski definition) is 3. The topological polar surface area (TPSA) is 38.3 Å². The van der Waals surface area contributed by atoms with Crippen molar-refractivity contribution in [3.8, 4) is 0 Å². The maximum atomic E-state index is 11.6. The van der Waals surface area contributed by atoms with Gasteiger partial charge in [0.2, 0.25) is 0 Å². The van der Waals surface area contributed by atoms with E-state index in [1.54, 1.807) is 16.8 Å². The number of ether oxygens (including phenoxy) is 1. The number of anilines is 1. The Morgan fingerprint density at radius 3 is 2.79 bits per heavy atom. The van der Waals surface area contributed by atoms with Crippen LogP contribution in [-0.2, 0) is 4.74 Å². The van der Waals surface area contributed by atoms with Crippen molar-refractivity contribution in [3.63, 3.8) is 0 Å². The van der Waals surface area contributed by atoms with Gasteiger partial charge in [0.05, 0.1) is 5.69 Å². The molecular formula is C7H6F3NO2S. The first-order valence-electron chi connectivity index (χ1n) is 3.50. The van der Waals surface area contributed by atoms with Crippen LogP contribution in [0.3, 0.4) is 0 Å². The van der Waals surface area contributed by atoms with E-state index in [-0.39, 0.29) is 0 Å². The van der Waals surface area contributed by atoms with Gasteiger partial charge in [-0.15, -0.1) is 0 Å². The van der Waals surface area contributed by atoms with E-state index in [0.717, 1.165) is 0 Å². The zero-order chi connectivity index (χ0) is 10.6. The number of nitrogens with one attached hydrogen (secondary N) is 1. The molecule has 0 unspecified atom stereocenters. The first kappa shape index (κ1) is 10.8. The maximum absolute atomic E-state index is 11.6. The molecule has 0 aliphatic rings. The van der Waals surface area contributed by atoms with Gasteiger partial charge in [-0.3, -0.25) is 5.32 Å². The number of carbonyl (C=O) groups excluding carboxylic acids is 1. The van der Waals surface area contributed by atoms with Crippen LogP contribution in [0.2, 0.25) is 0 Å². The lowest BCUT2D eigenvalue weighted by Crippen LogP contribution is -2.23. The average molecular weight is 225 g/mol. The van der Waals surface area contributed by atoms with E-state index in [1.165, 1.54) is 11.3 Å². The van der Waals surface area contributed by atoms with Crippen molar-refractivity contribution in [2.24, 2.45) is 0 Å². The molecule has 0 saturated heterocycles. The third kappa shape index (κ3) is 4.13. The third-order valence-electron chi connectivity index (χ3n) is 1.13. The van der Waals surface area contributed by atoms with Crippen molar-refractivity contribution in [1.82, 2.24) is 0 Å². The van der Waals surface area contributed by atoms with Crippen LogP contribution in [0.5, 0.6) is 0 Å². The molecule has 14 heavy (non-hydrogen) atoms. The smallest absolute Gasteiger partial charge is 0.422 e. The standard InChI is InChI=1S/C7H6F3NO2S/c8-7(9,10)4-13-6(12)11-5-1-2-14-3-5/h1-3H,4H2,(H,11,12). The van der Waals surface area contributed by atoms with Crippen molar-refractivity contribution >= 4 is 23.1 Å². The number of carbonyl (C=O) groups is 1. The van der Waals surface area contributed by atoms with Gasteiger partial charge in [0.1, 0.15) is 0 Å². The molecule has 1 amide bonds. The molecule has 0 aliphatic carbocycles. The van der Waals surface area contributed by atoms with Crippen LogP contribution < -0.4 is 5.32 Å². The normalized spacial score (nSPS) is 11.1. The first-order valence-corrected chi connectivity index (χ1v) is 4.44. The zero-order valence-electron chi connectivity index (χ0n) is 6.80. The van der Waals surface area contributed by atoms with Crippen LogP contribution in [0.15, 0.2) is 16.8 Å². The highest BCUT2D eigenvalue weighted by Gasteiger charge is 2.29. The van der Waals surface area contributed by atoms with Crippen LogP contribution >= 0.6 is 11.3 Å². The van der Waals surface area contributed by atoms with E-state index in [1.807, 2.05) is 0 Å². The Morgan fingerprint density at radius 2 is 2.29 bits per heavy atom. The van der Waals surface area contributed by atoms with Gasteiger partial charge >= 0.3 is 12.3 Å². The van der Waals surface area contributed by atoms with Crippen molar-refractivity contribution < 1.29 is 22.7 Å². The van der Waals surface area contributed by atoms with Gasteiger partial charge in [-0.25, -0.2) is 4.79 Å². The Kier molecular flexibility index (Phi) is 3.34. The molecule has 7 heteroatoms. The summed E-state index contributed by atoms with van der Waals surface area (Å²) in [5, 5.41) is 5.40. The summed E-state index contributed by atoms with van der Waals surface area (Å²) in [4.78, 5) is 10.7. The second kappa shape index (κ2) is 4.32. The summed E-state index contributed by atoms with van der Waals surface area (Å²) in [6.07, 6.45) is -5.60. The Morgan fingerprint density at radius 1 is 1.57 bits per heavy atom. The van der Waals surface area contributed by atoms with Crippen molar-refractivity contribution in [1.29, 1.82) is 0 Å². The van der Waals surface area contributed by atoms with E-state index >= 15 is 0 Å². The van der Waals surface area contributed by atoms with Gasteiger partial charge in [-0.1, -0.05) is 0 Å². The largest absolute Gasteiger partial charge is 0.440 e. The molecule has 0 aromatic carbocycles. The molecule has 0 aliphatic heterocycles. The predicted molar refractivity (Wildman–Crippen MR) is 45.3 cm³/mol. The summed E-state index contributed by atoms with van der Waals surface area (Å²) in [6, 6.07) is 1.56. The monoisotopic (exact) mass is 225 g/mol. The van der Waals surface area contributed by atoms with Gasteiger partial charge in [0, 0.05) is 5.38 Å². The second-order valence-electron chi connectivity index (χ2n) is 2.33. The Bertz CT molecular complexity index is 296. The zero-order valence-corrected chi connectivity index (χ0v) is 7.61. The second-order valence-corrected chi connectivity index (χ2v) is 3.11. The molecule has 1 aromatic rings. The van der Waals surface area contributed by atoms with Gasteiger partial charge in [-0.2, -0.15) is 24.5 Å². The van der Waals surface area contributed by atoms with Crippen molar-refractivity contribution in [3.05, 3.63) is 16.8 Å². The maximum Gasteiger partial charge on any atom is 0.422 e. The van der Waals surface area contributed by atoms with Crippen LogP contribution in [0.1, 0.15) is 0 Å². The Balaban J connectivity index is 2.30. The number of rotatable bonds is 2. The molecule has 0 atom stereocenters. The number of alkyl halides is 3. The highest BCUT2D eigenvalue weighted by atomic mass is 32.1. The fraction of sp³-hybridized carbons (Fsp3) is 0.286. The summed E-state index contributed by atoms with van der Waals surface area (Å²) < 4.78 is 38.7. The summed E-state index contributed by atoms with van der Waals surface area (Å²) in [5.41, 5.74) is 0.419. The van der Waals surface area contributed by atoms with Gasteiger partial charge < -0.3 is 4.74 Å². The molecule has 1 N–H and O–H groups in total. The molecule has 0 bridgehead atoms. The molecule has 1 rings (SSSR count). The number of halogens is 3. The van der Waals surface area contributed by atoms with Crippen LogP contribution in [-0.4, -0.2) is 18.9 Å². The number of amides is 1. The molecule has 0 radical (unpaired) electrons. The molecule has 0 fully saturated rings. The minimum Gasteiger partial charge on any atom is -0.440 e. The summed E-state index contributed by atoms with van der Waals surface area (Å²) >= 11 is 1.31. The van der Waals surface area contributed by atoms with Crippen molar-refractivity contribution in [2.75, 3.05) is 11.9 Å². The molecule has 0 saturated carbocycles.